The first-order valence-corrected chi connectivity index (χ1v) is 8.49. The number of likely N-dealkylation sites (tertiary alicyclic amines) is 2. The van der Waals surface area contributed by atoms with Crippen LogP contribution in [-0.2, 0) is 25.7 Å². The van der Waals surface area contributed by atoms with Gasteiger partial charge < -0.3 is 14.7 Å². The molecule has 0 spiro atoms. The van der Waals surface area contributed by atoms with Gasteiger partial charge >= 0.3 is 12.1 Å². The van der Waals surface area contributed by atoms with Crippen LogP contribution in [0.15, 0.2) is 30.3 Å². The van der Waals surface area contributed by atoms with Crippen LogP contribution in [0, 0.1) is 0 Å². The molecule has 138 valence electrons. The van der Waals surface area contributed by atoms with Crippen molar-refractivity contribution in [2.45, 2.75) is 37.8 Å². The van der Waals surface area contributed by atoms with Crippen LogP contribution in [0.5, 0.6) is 0 Å². The smallest absolute Gasteiger partial charge is 0.410 e. The topological polar surface area (TPSA) is 104 Å². The van der Waals surface area contributed by atoms with Crippen LogP contribution in [0.3, 0.4) is 0 Å². The number of hydrogen-bond acceptors (Lipinski definition) is 5. The minimum atomic E-state index is -1.71. The summed E-state index contributed by atoms with van der Waals surface area (Å²) in [4.78, 5) is 50.6. The van der Waals surface area contributed by atoms with E-state index in [1.807, 2.05) is 30.3 Å². The van der Waals surface area contributed by atoms with E-state index in [9.17, 15) is 24.3 Å². The van der Waals surface area contributed by atoms with Gasteiger partial charge in [-0.05, 0) is 18.4 Å². The van der Waals surface area contributed by atoms with Crippen LogP contribution in [0.1, 0.15) is 31.2 Å². The highest BCUT2D eigenvalue weighted by Crippen LogP contribution is 2.33. The third-order valence-corrected chi connectivity index (χ3v) is 4.81. The third-order valence-electron chi connectivity index (χ3n) is 4.81. The molecule has 8 nitrogen and oxygen atoms in total. The molecule has 2 aliphatic heterocycles. The maximum atomic E-state index is 12.4. The average Bonchev–Trinajstić information content (AvgIpc) is 2.99. The molecule has 1 aromatic rings. The molecule has 1 N–H and O–H groups in total. The predicted molar refractivity (Wildman–Crippen MR) is 88.9 cm³/mol. The molecular formula is C18H20N2O6. The van der Waals surface area contributed by atoms with Gasteiger partial charge in [-0.2, -0.15) is 0 Å². The van der Waals surface area contributed by atoms with Crippen LogP contribution in [0.4, 0.5) is 4.79 Å². The Morgan fingerprint density at radius 3 is 2.38 bits per heavy atom. The van der Waals surface area contributed by atoms with Crippen LogP contribution < -0.4 is 0 Å². The Hall–Kier alpha value is -2.90. The Kier molecular flexibility index (Phi) is 4.92. The lowest BCUT2D eigenvalue weighted by molar-refractivity contribution is -0.166. The highest BCUT2D eigenvalue weighted by molar-refractivity contribution is 6.06. The number of carbonyl (C=O) groups excluding carboxylic acids is 3. The first-order chi connectivity index (χ1) is 12.4. The van der Waals surface area contributed by atoms with E-state index in [1.165, 1.54) is 4.90 Å². The molecule has 0 aromatic heterocycles. The van der Waals surface area contributed by atoms with Crippen molar-refractivity contribution in [3.05, 3.63) is 35.9 Å². The summed E-state index contributed by atoms with van der Waals surface area (Å²) in [5.74, 6) is -2.28. The molecule has 0 radical (unpaired) electrons. The summed E-state index contributed by atoms with van der Waals surface area (Å²) < 4.78 is 5.26. The van der Waals surface area contributed by atoms with Crippen molar-refractivity contribution in [3.8, 4) is 0 Å². The number of hydrogen-bond donors (Lipinski definition) is 1. The fraction of sp³-hybridized carbons (Fsp3) is 0.444. The molecule has 0 bridgehead atoms. The SMILES string of the molecule is O=C(OCc1ccccc1)N1CCCC(C(=O)O)(N2C(=O)CCC2=O)C1. The molecule has 8 heteroatoms. The number of ether oxygens (including phenoxy) is 1. The van der Waals surface area contributed by atoms with Crippen molar-refractivity contribution < 1.29 is 29.0 Å². The molecule has 1 atom stereocenters. The van der Waals surface area contributed by atoms with E-state index < -0.39 is 29.4 Å². The van der Waals surface area contributed by atoms with E-state index in [1.54, 1.807) is 0 Å². The zero-order chi connectivity index (χ0) is 18.7. The van der Waals surface area contributed by atoms with E-state index in [4.69, 9.17) is 4.74 Å². The number of carboxylic acids is 1. The van der Waals surface area contributed by atoms with Gasteiger partial charge in [0.2, 0.25) is 11.8 Å². The van der Waals surface area contributed by atoms with Crippen molar-refractivity contribution in [1.82, 2.24) is 9.80 Å². The molecule has 1 unspecified atom stereocenters. The molecule has 1 aromatic carbocycles. The van der Waals surface area contributed by atoms with E-state index in [0.717, 1.165) is 10.5 Å². The van der Waals surface area contributed by atoms with Gasteiger partial charge in [-0.1, -0.05) is 30.3 Å². The molecule has 2 saturated heterocycles. The van der Waals surface area contributed by atoms with Gasteiger partial charge in [0.15, 0.2) is 5.54 Å². The number of aliphatic carboxylic acids is 1. The number of piperidine rings is 1. The van der Waals surface area contributed by atoms with Gasteiger partial charge in [0.05, 0.1) is 6.54 Å². The maximum Gasteiger partial charge on any atom is 0.410 e. The van der Waals surface area contributed by atoms with Gasteiger partial charge in [-0.25, -0.2) is 9.59 Å². The maximum absolute atomic E-state index is 12.4. The molecule has 26 heavy (non-hydrogen) atoms. The number of carboxylic acid groups (broad SMARTS) is 1. The van der Waals surface area contributed by atoms with Crippen molar-refractivity contribution >= 4 is 23.9 Å². The molecule has 2 heterocycles. The van der Waals surface area contributed by atoms with Crippen molar-refractivity contribution in [2.24, 2.45) is 0 Å². The molecule has 3 amide bonds. The highest BCUT2D eigenvalue weighted by atomic mass is 16.6. The van der Waals surface area contributed by atoms with Crippen molar-refractivity contribution in [1.29, 1.82) is 0 Å². The monoisotopic (exact) mass is 360 g/mol. The second-order valence-corrected chi connectivity index (χ2v) is 6.52. The summed E-state index contributed by atoms with van der Waals surface area (Å²) in [5.41, 5.74) is -0.901. The zero-order valence-corrected chi connectivity index (χ0v) is 14.2. The quantitative estimate of drug-likeness (QED) is 0.814. The minimum absolute atomic E-state index is 0.00627. The minimum Gasteiger partial charge on any atom is -0.479 e. The first-order valence-electron chi connectivity index (χ1n) is 8.49. The second kappa shape index (κ2) is 7.15. The van der Waals surface area contributed by atoms with Gasteiger partial charge in [-0.15, -0.1) is 0 Å². The molecule has 2 aliphatic rings. The first kappa shape index (κ1) is 17.9. The van der Waals surface area contributed by atoms with E-state index in [2.05, 4.69) is 0 Å². The number of benzene rings is 1. The normalized spacial score (nSPS) is 23.2. The predicted octanol–water partition coefficient (Wildman–Crippen LogP) is 1.39. The van der Waals surface area contributed by atoms with Crippen molar-refractivity contribution in [3.63, 3.8) is 0 Å². The Morgan fingerprint density at radius 2 is 1.77 bits per heavy atom. The summed E-state index contributed by atoms with van der Waals surface area (Å²) in [6.45, 7) is 0.129. The fourth-order valence-corrected chi connectivity index (χ4v) is 3.51. The Balaban J connectivity index is 1.73. The lowest BCUT2D eigenvalue weighted by atomic mass is 9.87. The number of carbonyl (C=O) groups is 4. The van der Waals surface area contributed by atoms with Crippen LogP contribution >= 0.6 is 0 Å². The number of rotatable bonds is 4. The van der Waals surface area contributed by atoms with Crippen LogP contribution in [0.25, 0.3) is 0 Å². The van der Waals surface area contributed by atoms with E-state index in [0.29, 0.717) is 13.0 Å². The largest absolute Gasteiger partial charge is 0.479 e. The lowest BCUT2D eigenvalue weighted by Crippen LogP contribution is -2.65. The van der Waals surface area contributed by atoms with Crippen LogP contribution in [-0.4, -0.2) is 57.4 Å². The van der Waals surface area contributed by atoms with Gasteiger partial charge in [0.25, 0.3) is 0 Å². The number of nitrogens with zero attached hydrogens (tertiary/aromatic N) is 2. The lowest BCUT2D eigenvalue weighted by Gasteiger charge is -2.43. The van der Waals surface area contributed by atoms with Crippen molar-refractivity contribution in [2.75, 3.05) is 13.1 Å². The second-order valence-electron chi connectivity index (χ2n) is 6.52. The molecule has 2 fully saturated rings. The summed E-state index contributed by atoms with van der Waals surface area (Å²) >= 11 is 0. The van der Waals surface area contributed by atoms with Gasteiger partial charge in [0.1, 0.15) is 6.61 Å². The zero-order valence-electron chi connectivity index (χ0n) is 14.2. The Labute approximate surface area is 150 Å². The molecule has 0 saturated carbocycles. The standard InChI is InChI=1S/C18H20N2O6/c21-14-7-8-15(22)20(14)18(16(23)24)9-4-10-19(12-18)17(25)26-11-13-5-2-1-3-6-13/h1-3,5-6H,4,7-12H2,(H,23,24). The third kappa shape index (κ3) is 3.26. The highest BCUT2D eigenvalue weighted by Gasteiger charge is 2.54. The van der Waals surface area contributed by atoms with E-state index >= 15 is 0 Å². The molecular weight excluding hydrogens is 340 g/mol. The molecule has 3 rings (SSSR count). The van der Waals surface area contributed by atoms with Gasteiger partial charge in [-0.3, -0.25) is 14.5 Å². The summed E-state index contributed by atoms with van der Waals surface area (Å²) in [6, 6.07) is 9.12. The van der Waals surface area contributed by atoms with Gasteiger partial charge in [0, 0.05) is 19.4 Å². The van der Waals surface area contributed by atoms with Crippen LogP contribution in [0.2, 0.25) is 0 Å². The van der Waals surface area contributed by atoms with E-state index in [-0.39, 0.29) is 32.4 Å². The summed E-state index contributed by atoms with van der Waals surface area (Å²) in [7, 11) is 0. The number of amides is 3. The fourth-order valence-electron chi connectivity index (χ4n) is 3.51. The summed E-state index contributed by atoms with van der Waals surface area (Å²) in [5, 5.41) is 9.77. The molecule has 0 aliphatic carbocycles. The number of imide groups is 1. The average molecular weight is 360 g/mol. The Bertz CT molecular complexity index is 718. The summed E-state index contributed by atoms with van der Waals surface area (Å²) in [6.07, 6.45) is -0.150. The Morgan fingerprint density at radius 1 is 1.12 bits per heavy atom.